The highest BCUT2D eigenvalue weighted by Crippen LogP contribution is 2.26. The van der Waals surface area contributed by atoms with Gasteiger partial charge in [0.05, 0.1) is 12.1 Å². The van der Waals surface area contributed by atoms with Crippen LogP contribution in [0, 0.1) is 0 Å². The zero-order valence-corrected chi connectivity index (χ0v) is 13.3. The minimum Gasteiger partial charge on any atom is -0.491 e. The van der Waals surface area contributed by atoms with Gasteiger partial charge < -0.3 is 15.0 Å². The number of carbonyl (C=O) groups is 1. The Kier molecular flexibility index (Phi) is 5.62. The molecule has 1 aromatic carbocycles. The van der Waals surface area contributed by atoms with Gasteiger partial charge in [-0.25, -0.2) is 0 Å². The van der Waals surface area contributed by atoms with Crippen molar-refractivity contribution in [3.05, 3.63) is 24.3 Å². The van der Waals surface area contributed by atoms with Crippen LogP contribution in [0.1, 0.15) is 40.0 Å². The molecular formula is C17H26N2O2. The molecule has 1 aliphatic rings. The monoisotopic (exact) mass is 290 g/mol. The Morgan fingerprint density at radius 1 is 1.43 bits per heavy atom. The van der Waals surface area contributed by atoms with E-state index in [1.807, 2.05) is 36.1 Å². The number of ether oxygens (including phenoxy) is 1. The van der Waals surface area contributed by atoms with Crippen molar-refractivity contribution in [3.8, 4) is 5.75 Å². The molecule has 1 aliphatic heterocycles. The van der Waals surface area contributed by atoms with Gasteiger partial charge in [-0.1, -0.05) is 19.9 Å². The Hall–Kier alpha value is -1.55. The van der Waals surface area contributed by atoms with E-state index in [0.29, 0.717) is 0 Å². The summed E-state index contributed by atoms with van der Waals surface area (Å²) >= 11 is 0. The van der Waals surface area contributed by atoms with Crippen LogP contribution in [0.2, 0.25) is 0 Å². The number of likely N-dealkylation sites (N-methyl/N-ethyl adjacent to an activating group) is 1. The van der Waals surface area contributed by atoms with Gasteiger partial charge in [-0.15, -0.1) is 0 Å². The summed E-state index contributed by atoms with van der Waals surface area (Å²) in [6.07, 6.45) is 3.10. The molecule has 2 atom stereocenters. The van der Waals surface area contributed by atoms with Crippen LogP contribution in [0.5, 0.6) is 5.75 Å². The fourth-order valence-electron chi connectivity index (χ4n) is 2.61. The number of hydrogen-bond acceptors (Lipinski definition) is 3. The molecule has 116 valence electrons. The van der Waals surface area contributed by atoms with Crippen molar-refractivity contribution < 1.29 is 9.53 Å². The number of anilines is 1. The average molecular weight is 290 g/mol. The second-order valence-corrected chi connectivity index (χ2v) is 5.58. The second-order valence-electron chi connectivity index (χ2n) is 5.58. The summed E-state index contributed by atoms with van der Waals surface area (Å²) in [7, 11) is 0. The molecule has 4 heteroatoms. The first kappa shape index (κ1) is 15.8. The fourth-order valence-corrected chi connectivity index (χ4v) is 2.61. The Morgan fingerprint density at radius 2 is 2.24 bits per heavy atom. The number of amides is 1. The Labute approximate surface area is 127 Å². The van der Waals surface area contributed by atoms with Crippen LogP contribution >= 0.6 is 0 Å². The molecule has 0 saturated carbocycles. The van der Waals surface area contributed by atoms with E-state index in [1.54, 1.807) is 0 Å². The van der Waals surface area contributed by atoms with Crippen LogP contribution in [0.3, 0.4) is 0 Å². The molecule has 21 heavy (non-hydrogen) atoms. The topological polar surface area (TPSA) is 41.6 Å². The van der Waals surface area contributed by atoms with Gasteiger partial charge in [0.2, 0.25) is 5.91 Å². The molecule has 4 nitrogen and oxygen atoms in total. The van der Waals surface area contributed by atoms with Crippen LogP contribution in [0.25, 0.3) is 0 Å². The maximum absolute atomic E-state index is 12.5. The minimum atomic E-state index is -0.0529. The van der Waals surface area contributed by atoms with Crippen LogP contribution < -0.4 is 15.0 Å². The van der Waals surface area contributed by atoms with Crippen molar-refractivity contribution >= 4 is 11.6 Å². The maximum atomic E-state index is 12.5. The number of nitrogens with zero attached hydrogens (tertiary/aromatic N) is 1. The lowest BCUT2D eigenvalue weighted by atomic mass is 10.0. The zero-order chi connectivity index (χ0) is 15.2. The van der Waals surface area contributed by atoms with Crippen molar-refractivity contribution in [2.75, 3.05) is 18.0 Å². The predicted molar refractivity (Wildman–Crippen MR) is 85.9 cm³/mol. The van der Waals surface area contributed by atoms with E-state index in [2.05, 4.69) is 19.2 Å². The Bertz CT molecular complexity index is 474. The molecule has 0 radical (unpaired) electrons. The third-order valence-corrected chi connectivity index (χ3v) is 3.93. The van der Waals surface area contributed by atoms with E-state index in [0.717, 1.165) is 43.8 Å². The van der Waals surface area contributed by atoms with Crippen molar-refractivity contribution in [2.24, 2.45) is 0 Å². The molecule has 1 N–H and O–H groups in total. The maximum Gasteiger partial charge on any atom is 0.244 e. The number of nitrogens with one attached hydrogen (secondary N) is 1. The quantitative estimate of drug-likeness (QED) is 0.876. The van der Waals surface area contributed by atoms with Gasteiger partial charge in [-0.3, -0.25) is 4.79 Å². The Balaban J connectivity index is 2.13. The molecule has 1 fully saturated rings. The highest BCUT2D eigenvalue weighted by Gasteiger charge is 2.28. The van der Waals surface area contributed by atoms with Gasteiger partial charge >= 0.3 is 0 Å². The first-order chi connectivity index (χ1) is 10.2. The number of hydrogen-bond donors (Lipinski definition) is 1. The average Bonchev–Trinajstić information content (AvgIpc) is 2.50. The molecule has 1 heterocycles. The van der Waals surface area contributed by atoms with Gasteiger partial charge in [0.15, 0.2) is 0 Å². The summed E-state index contributed by atoms with van der Waals surface area (Å²) < 4.78 is 5.85. The largest absolute Gasteiger partial charge is 0.491 e. The molecule has 1 amide bonds. The first-order valence-electron chi connectivity index (χ1n) is 7.97. The third-order valence-electron chi connectivity index (χ3n) is 3.93. The van der Waals surface area contributed by atoms with E-state index in [4.69, 9.17) is 4.74 Å². The van der Waals surface area contributed by atoms with Crippen molar-refractivity contribution in [2.45, 2.75) is 52.2 Å². The van der Waals surface area contributed by atoms with Crippen molar-refractivity contribution in [3.63, 3.8) is 0 Å². The molecular weight excluding hydrogens is 264 g/mol. The molecule has 0 spiro atoms. The van der Waals surface area contributed by atoms with Gasteiger partial charge in [0.25, 0.3) is 0 Å². The summed E-state index contributed by atoms with van der Waals surface area (Å²) in [4.78, 5) is 14.4. The predicted octanol–water partition coefficient (Wildman–Crippen LogP) is 2.97. The van der Waals surface area contributed by atoms with E-state index >= 15 is 0 Å². The van der Waals surface area contributed by atoms with E-state index in [1.165, 1.54) is 0 Å². The van der Waals surface area contributed by atoms with Crippen LogP contribution in [-0.4, -0.2) is 31.1 Å². The van der Waals surface area contributed by atoms with Crippen LogP contribution in [0.15, 0.2) is 24.3 Å². The number of benzene rings is 1. The van der Waals surface area contributed by atoms with Crippen molar-refractivity contribution in [1.82, 2.24) is 5.32 Å². The van der Waals surface area contributed by atoms with E-state index < -0.39 is 0 Å². The highest BCUT2D eigenvalue weighted by atomic mass is 16.5. The van der Waals surface area contributed by atoms with Crippen molar-refractivity contribution in [1.29, 1.82) is 0 Å². The molecule has 2 rings (SSSR count). The highest BCUT2D eigenvalue weighted by molar-refractivity contribution is 5.98. The number of carbonyl (C=O) groups excluding carboxylic acids is 1. The summed E-state index contributed by atoms with van der Waals surface area (Å²) in [5.74, 6) is 1.00. The molecule has 1 saturated heterocycles. The third kappa shape index (κ3) is 3.97. The zero-order valence-electron chi connectivity index (χ0n) is 13.3. The number of piperidine rings is 1. The first-order valence-corrected chi connectivity index (χ1v) is 7.97. The van der Waals surface area contributed by atoms with Gasteiger partial charge in [0.1, 0.15) is 5.75 Å². The summed E-state index contributed by atoms with van der Waals surface area (Å²) in [5.41, 5.74) is 0.934. The summed E-state index contributed by atoms with van der Waals surface area (Å²) in [6.45, 7) is 7.80. The minimum absolute atomic E-state index is 0.0529. The lowest BCUT2D eigenvalue weighted by molar-refractivity contribution is -0.121. The normalized spacial score (nSPS) is 20.4. The smallest absolute Gasteiger partial charge is 0.244 e. The molecule has 1 aromatic rings. The second kappa shape index (κ2) is 7.46. The molecule has 2 unspecified atom stereocenters. The number of rotatable bonds is 6. The standard InChI is InChI=1S/C17H26N2O2/c1-4-13(3)21-15-9-6-8-14(12-15)19-11-7-10-16(17(19)20)18-5-2/h6,8-9,12-13,16,18H,4-5,7,10-11H2,1-3H3. The lowest BCUT2D eigenvalue weighted by Gasteiger charge is -2.32. The van der Waals surface area contributed by atoms with Crippen LogP contribution in [0.4, 0.5) is 5.69 Å². The van der Waals surface area contributed by atoms with Crippen LogP contribution in [-0.2, 0) is 4.79 Å². The fraction of sp³-hybridized carbons (Fsp3) is 0.588. The van der Waals surface area contributed by atoms with Gasteiger partial charge in [-0.2, -0.15) is 0 Å². The molecule has 0 aromatic heterocycles. The van der Waals surface area contributed by atoms with E-state index in [9.17, 15) is 4.79 Å². The van der Waals surface area contributed by atoms with Gasteiger partial charge in [0, 0.05) is 18.3 Å². The summed E-state index contributed by atoms with van der Waals surface area (Å²) in [5, 5.41) is 3.27. The molecule has 0 aliphatic carbocycles. The SMILES string of the molecule is CCNC1CCCN(c2cccc(OC(C)CC)c2)C1=O. The lowest BCUT2D eigenvalue weighted by Crippen LogP contribution is -2.50. The summed E-state index contributed by atoms with van der Waals surface area (Å²) in [6, 6.07) is 7.81. The van der Waals surface area contributed by atoms with E-state index in [-0.39, 0.29) is 18.1 Å². The van der Waals surface area contributed by atoms with Gasteiger partial charge in [-0.05, 0) is 44.9 Å². The Morgan fingerprint density at radius 3 is 2.95 bits per heavy atom. The molecule has 0 bridgehead atoms.